The van der Waals surface area contributed by atoms with E-state index in [0.717, 1.165) is 12.8 Å². The quantitative estimate of drug-likeness (QED) is 0.769. The van der Waals surface area contributed by atoms with Crippen LogP contribution in [0.15, 0.2) is 16.6 Å². The molecule has 19 heavy (non-hydrogen) atoms. The van der Waals surface area contributed by atoms with Crippen molar-refractivity contribution in [2.75, 3.05) is 7.11 Å². The highest BCUT2D eigenvalue weighted by molar-refractivity contribution is 9.10. The van der Waals surface area contributed by atoms with Gasteiger partial charge >= 0.3 is 5.97 Å². The Labute approximate surface area is 123 Å². The van der Waals surface area contributed by atoms with Crippen LogP contribution in [0.25, 0.3) is 0 Å². The molecule has 0 saturated heterocycles. The number of hydrogen-bond acceptors (Lipinski definition) is 2. The van der Waals surface area contributed by atoms with Crippen LogP contribution in [0.4, 0.5) is 0 Å². The number of ether oxygens (including phenoxy) is 1. The van der Waals surface area contributed by atoms with Gasteiger partial charge in [0.25, 0.3) is 0 Å². The first kappa shape index (κ1) is 14.6. The van der Waals surface area contributed by atoms with Crippen LogP contribution in [-0.2, 0) is 9.53 Å². The molecular formula is C16H21BrO2. The van der Waals surface area contributed by atoms with E-state index in [0.29, 0.717) is 11.8 Å². The predicted octanol–water partition coefficient (Wildman–Crippen LogP) is 4.37. The Kier molecular flexibility index (Phi) is 4.34. The summed E-state index contributed by atoms with van der Waals surface area (Å²) in [5, 5.41) is 0. The highest BCUT2D eigenvalue weighted by Crippen LogP contribution is 2.46. The van der Waals surface area contributed by atoms with Gasteiger partial charge in [-0.1, -0.05) is 28.9 Å². The minimum atomic E-state index is -0.0450. The maximum absolute atomic E-state index is 11.4. The van der Waals surface area contributed by atoms with Crippen molar-refractivity contribution in [3.05, 3.63) is 33.3 Å². The number of halogens is 1. The SMILES string of the molecule is COC(=O)C1CC1CC(C)c1cc(C)c(C)cc1Br. The molecule has 0 N–H and O–H groups in total. The van der Waals surface area contributed by atoms with E-state index in [4.69, 9.17) is 4.74 Å². The van der Waals surface area contributed by atoms with Crippen LogP contribution in [0.3, 0.4) is 0 Å². The van der Waals surface area contributed by atoms with Crippen LogP contribution < -0.4 is 0 Å². The zero-order valence-corrected chi connectivity index (χ0v) is 13.6. The molecule has 0 spiro atoms. The molecular weight excluding hydrogens is 304 g/mol. The number of rotatable bonds is 4. The van der Waals surface area contributed by atoms with Gasteiger partial charge in [-0.05, 0) is 61.3 Å². The third-order valence-electron chi connectivity index (χ3n) is 4.23. The molecule has 1 aliphatic rings. The lowest BCUT2D eigenvalue weighted by Crippen LogP contribution is -2.06. The molecule has 0 bridgehead atoms. The molecule has 2 nitrogen and oxygen atoms in total. The Bertz CT molecular complexity index is 496. The van der Waals surface area contributed by atoms with Crippen molar-refractivity contribution in [3.8, 4) is 0 Å². The lowest BCUT2D eigenvalue weighted by Gasteiger charge is -2.16. The van der Waals surface area contributed by atoms with Crippen molar-refractivity contribution < 1.29 is 9.53 Å². The van der Waals surface area contributed by atoms with Crippen molar-refractivity contribution in [3.63, 3.8) is 0 Å². The molecule has 2 rings (SSSR count). The molecule has 0 aliphatic heterocycles. The van der Waals surface area contributed by atoms with E-state index in [-0.39, 0.29) is 11.9 Å². The number of hydrogen-bond donors (Lipinski definition) is 0. The summed E-state index contributed by atoms with van der Waals surface area (Å²) in [5.41, 5.74) is 3.98. The van der Waals surface area contributed by atoms with E-state index >= 15 is 0 Å². The number of methoxy groups -OCH3 is 1. The molecule has 104 valence electrons. The monoisotopic (exact) mass is 324 g/mol. The first-order valence-corrected chi connectivity index (χ1v) is 7.57. The minimum Gasteiger partial charge on any atom is -0.469 e. The van der Waals surface area contributed by atoms with Gasteiger partial charge in [0.1, 0.15) is 0 Å². The molecule has 3 atom stereocenters. The van der Waals surface area contributed by atoms with Crippen LogP contribution in [0.2, 0.25) is 0 Å². The topological polar surface area (TPSA) is 26.3 Å². The lowest BCUT2D eigenvalue weighted by atomic mass is 9.92. The molecule has 0 amide bonds. The molecule has 0 radical (unpaired) electrons. The molecule has 1 aliphatic carbocycles. The summed E-state index contributed by atoms with van der Waals surface area (Å²) in [6.45, 7) is 6.51. The summed E-state index contributed by atoms with van der Waals surface area (Å²) in [6.07, 6.45) is 2.04. The fourth-order valence-electron chi connectivity index (χ4n) is 2.71. The minimum absolute atomic E-state index is 0.0450. The van der Waals surface area contributed by atoms with E-state index in [1.54, 1.807) is 0 Å². The van der Waals surface area contributed by atoms with Gasteiger partial charge in [-0.2, -0.15) is 0 Å². The van der Waals surface area contributed by atoms with Crippen LogP contribution in [-0.4, -0.2) is 13.1 Å². The van der Waals surface area contributed by atoms with Crippen LogP contribution in [0.1, 0.15) is 42.4 Å². The Morgan fingerprint density at radius 2 is 2.05 bits per heavy atom. The van der Waals surface area contributed by atoms with Gasteiger partial charge in [-0.3, -0.25) is 4.79 Å². The van der Waals surface area contributed by atoms with E-state index < -0.39 is 0 Å². The maximum Gasteiger partial charge on any atom is 0.308 e. The Hall–Kier alpha value is -0.830. The van der Waals surface area contributed by atoms with Crippen molar-refractivity contribution in [1.82, 2.24) is 0 Å². The van der Waals surface area contributed by atoms with E-state index in [2.05, 4.69) is 48.8 Å². The number of carbonyl (C=O) groups is 1. The van der Waals surface area contributed by atoms with Gasteiger partial charge in [0, 0.05) is 4.47 Å². The molecule has 1 fully saturated rings. The fraction of sp³-hybridized carbons (Fsp3) is 0.562. The Balaban J connectivity index is 2.03. The molecule has 1 aromatic carbocycles. The van der Waals surface area contributed by atoms with Crippen molar-refractivity contribution >= 4 is 21.9 Å². The molecule has 3 heteroatoms. The van der Waals surface area contributed by atoms with E-state index in [1.807, 2.05) is 0 Å². The zero-order chi connectivity index (χ0) is 14.2. The largest absolute Gasteiger partial charge is 0.469 e. The standard InChI is InChI=1S/C16H21BrO2/c1-9-6-13(15(17)7-10(9)2)11(3)5-12-8-14(12)16(18)19-4/h6-7,11-12,14H,5,8H2,1-4H3. The summed E-state index contributed by atoms with van der Waals surface area (Å²) >= 11 is 3.66. The summed E-state index contributed by atoms with van der Waals surface area (Å²) < 4.78 is 5.98. The molecule has 0 heterocycles. The predicted molar refractivity (Wildman–Crippen MR) is 80.3 cm³/mol. The van der Waals surface area contributed by atoms with Crippen molar-refractivity contribution in [2.45, 2.75) is 39.5 Å². The molecule has 1 aromatic rings. The van der Waals surface area contributed by atoms with E-state index in [1.165, 1.54) is 28.3 Å². The van der Waals surface area contributed by atoms with Crippen molar-refractivity contribution in [2.24, 2.45) is 11.8 Å². The highest BCUT2D eigenvalue weighted by atomic mass is 79.9. The van der Waals surface area contributed by atoms with E-state index in [9.17, 15) is 4.79 Å². The number of benzene rings is 1. The zero-order valence-electron chi connectivity index (χ0n) is 12.0. The lowest BCUT2D eigenvalue weighted by molar-refractivity contribution is -0.142. The third-order valence-corrected chi connectivity index (χ3v) is 4.91. The Morgan fingerprint density at radius 3 is 2.68 bits per heavy atom. The van der Waals surface area contributed by atoms with Gasteiger partial charge in [0.05, 0.1) is 13.0 Å². The first-order chi connectivity index (χ1) is 8.93. The smallest absolute Gasteiger partial charge is 0.308 e. The third kappa shape index (κ3) is 3.19. The molecule has 0 aromatic heterocycles. The number of esters is 1. The highest BCUT2D eigenvalue weighted by Gasteiger charge is 2.44. The van der Waals surface area contributed by atoms with Crippen molar-refractivity contribution in [1.29, 1.82) is 0 Å². The average Bonchev–Trinajstić information content (AvgIpc) is 3.11. The number of aryl methyl sites for hydroxylation is 2. The van der Waals surface area contributed by atoms with Gasteiger partial charge in [-0.15, -0.1) is 0 Å². The van der Waals surface area contributed by atoms with Gasteiger partial charge in [0.15, 0.2) is 0 Å². The molecule has 3 unspecified atom stereocenters. The molecule has 1 saturated carbocycles. The van der Waals surface area contributed by atoms with Gasteiger partial charge in [0.2, 0.25) is 0 Å². The van der Waals surface area contributed by atoms with Gasteiger partial charge < -0.3 is 4.74 Å². The van der Waals surface area contributed by atoms with Crippen LogP contribution in [0.5, 0.6) is 0 Å². The normalized spacial score (nSPS) is 23.0. The van der Waals surface area contributed by atoms with Crippen LogP contribution in [0, 0.1) is 25.7 Å². The average molecular weight is 325 g/mol. The summed E-state index contributed by atoms with van der Waals surface area (Å²) in [4.78, 5) is 11.4. The summed E-state index contributed by atoms with van der Waals surface area (Å²) in [5.74, 6) is 1.05. The fourth-order valence-corrected chi connectivity index (χ4v) is 3.56. The second-order valence-corrected chi connectivity index (χ2v) is 6.57. The Morgan fingerprint density at radius 1 is 1.42 bits per heavy atom. The number of carbonyl (C=O) groups excluding carboxylic acids is 1. The summed E-state index contributed by atoms with van der Waals surface area (Å²) in [7, 11) is 1.47. The second kappa shape index (κ2) is 5.66. The van der Waals surface area contributed by atoms with Gasteiger partial charge in [-0.25, -0.2) is 0 Å². The maximum atomic E-state index is 11.4. The first-order valence-electron chi connectivity index (χ1n) is 6.78. The van der Waals surface area contributed by atoms with Crippen LogP contribution >= 0.6 is 15.9 Å². The second-order valence-electron chi connectivity index (χ2n) is 5.72. The summed E-state index contributed by atoms with van der Waals surface area (Å²) in [6, 6.07) is 4.45.